The number of nitrogens with one attached hydrogen (secondary N) is 1. The number of fused-ring (bicyclic) bond motifs is 1. The molecular weight excluding hydrogens is 723 g/mol. The van der Waals surface area contributed by atoms with E-state index in [1.807, 2.05) is 45.0 Å². The second kappa shape index (κ2) is 19.4. The number of hydrogen-bond acceptors (Lipinski definition) is 9. The molecule has 0 saturated carbocycles. The van der Waals surface area contributed by atoms with Gasteiger partial charge in [0.25, 0.3) is 0 Å². The van der Waals surface area contributed by atoms with Crippen molar-refractivity contribution in [1.82, 2.24) is 9.62 Å². The van der Waals surface area contributed by atoms with Crippen molar-refractivity contribution in [2.45, 2.75) is 102 Å². The third-order valence-electron chi connectivity index (χ3n) is 10.3. The van der Waals surface area contributed by atoms with E-state index in [0.717, 1.165) is 53.2 Å². The molecule has 0 aromatic heterocycles. The van der Waals surface area contributed by atoms with Crippen molar-refractivity contribution in [3.63, 3.8) is 0 Å². The Morgan fingerprint density at radius 3 is 2.47 bits per heavy atom. The van der Waals surface area contributed by atoms with Crippen molar-refractivity contribution >= 4 is 21.8 Å². The second-order valence-electron chi connectivity index (χ2n) is 15.3. The first-order chi connectivity index (χ1) is 26.3. The average molecular weight is 782 g/mol. The summed E-state index contributed by atoms with van der Waals surface area (Å²) in [6.45, 7) is 14.2. The molecule has 12 nitrogen and oxygen atoms in total. The number of anilines is 1. The number of piperidine rings is 1. The molecule has 3 aromatic rings. The number of carbonyl (C=O) groups is 1. The maximum absolute atomic E-state index is 14.5. The van der Waals surface area contributed by atoms with E-state index in [1.54, 1.807) is 45.2 Å². The summed E-state index contributed by atoms with van der Waals surface area (Å²) in [5.41, 5.74) is 4.03. The molecule has 1 amide bonds. The Hall–Kier alpha value is -3.72. The van der Waals surface area contributed by atoms with Crippen molar-refractivity contribution < 1.29 is 42.0 Å². The van der Waals surface area contributed by atoms with Gasteiger partial charge in [0.2, 0.25) is 10.0 Å². The summed E-state index contributed by atoms with van der Waals surface area (Å²) < 4.78 is 60.1. The van der Waals surface area contributed by atoms with Gasteiger partial charge < -0.3 is 39.0 Å². The van der Waals surface area contributed by atoms with Crippen LogP contribution >= 0.6 is 0 Å². The van der Waals surface area contributed by atoms with Gasteiger partial charge in [-0.15, -0.1) is 0 Å². The monoisotopic (exact) mass is 781 g/mol. The van der Waals surface area contributed by atoms with Crippen LogP contribution in [0.15, 0.2) is 71.6 Å². The molecule has 5 rings (SSSR count). The summed E-state index contributed by atoms with van der Waals surface area (Å²) >= 11 is 0. The highest BCUT2D eigenvalue weighted by atomic mass is 32.2. The number of rotatable bonds is 19. The van der Waals surface area contributed by atoms with Crippen LogP contribution in [0.2, 0.25) is 0 Å². The van der Waals surface area contributed by atoms with Gasteiger partial charge in [-0.1, -0.05) is 48.0 Å². The first kappa shape index (κ1) is 42.4. The molecule has 1 fully saturated rings. The Labute approximate surface area is 327 Å². The van der Waals surface area contributed by atoms with Gasteiger partial charge in [0, 0.05) is 50.9 Å². The average Bonchev–Trinajstić information content (AvgIpc) is 3.14. The lowest BCUT2D eigenvalue weighted by Crippen LogP contribution is -2.56. The van der Waals surface area contributed by atoms with Crippen LogP contribution in [0.1, 0.15) is 75.1 Å². The molecule has 2 N–H and O–H groups in total. The van der Waals surface area contributed by atoms with Gasteiger partial charge in [0.05, 0.1) is 49.2 Å². The third-order valence-corrected chi connectivity index (χ3v) is 12.2. The molecule has 4 atom stereocenters. The Bertz CT molecular complexity index is 1790. The highest BCUT2D eigenvalue weighted by Crippen LogP contribution is 2.40. The Morgan fingerprint density at radius 2 is 1.78 bits per heavy atom. The molecular formula is C42H59N3O9S. The largest absolute Gasteiger partial charge is 0.490 e. The molecule has 2 aliphatic heterocycles. The summed E-state index contributed by atoms with van der Waals surface area (Å²) in [5.74, 6) is 0.643. The van der Waals surface area contributed by atoms with Gasteiger partial charge in [-0.2, -0.15) is 4.31 Å². The van der Waals surface area contributed by atoms with Gasteiger partial charge >= 0.3 is 6.09 Å². The molecule has 1 saturated heterocycles. The minimum Gasteiger partial charge on any atom is -0.490 e. The zero-order valence-electron chi connectivity index (χ0n) is 33.2. The van der Waals surface area contributed by atoms with E-state index >= 15 is 0 Å². The summed E-state index contributed by atoms with van der Waals surface area (Å²) in [5, 5.41) is 12.3. The van der Waals surface area contributed by atoms with E-state index in [2.05, 4.69) is 28.4 Å². The molecule has 0 bridgehead atoms. The van der Waals surface area contributed by atoms with Crippen molar-refractivity contribution in [1.29, 1.82) is 0 Å². The van der Waals surface area contributed by atoms with Crippen molar-refractivity contribution in [2.24, 2.45) is 0 Å². The number of ether oxygens (including phenoxy) is 5. The highest BCUT2D eigenvalue weighted by Gasteiger charge is 2.45. The van der Waals surface area contributed by atoms with Crippen LogP contribution in [0, 0.1) is 6.92 Å². The minimum atomic E-state index is -3.99. The standard InChI is InChI=1S/C42H59N3O9S/c1-7-52-31(3)27-51-28-32-11-14-34(15-12-32)37-24-35(25-42(4,5)43-41(46)47)45(55(48,49)36-16-9-30(2)10-17-36)26-40(37)54-29-33-13-18-39-38(23-33)44(20-22-53-39)19-8-21-50-6/h9-18,23,31,35,37,40,43H,7-8,19-22,24-29H2,1-6H3,(H,46,47)/t31-,35-,37-,40+/m1/s1. The lowest BCUT2D eigenvalue weighted by Gasteiger charge is -2.45. The fraction of sp³-hybridized carbons (Fsp3) is 0.548. The van der Waals surface area contributed by atoms with Crippen molar-refractivity contribution in [3.05, 3.63) is 89.0 Å². The SMILES string of the molecule is CCO[C@H](C)COCc1ccc([C@H]2C[C@H](CC(C)(C)NC(=O)O)N(S(=O)(=O)c3ccc(C)cc3)C[C@@H]2OCc2ccc3c(c2)N(CCCOC)CCO3)cc1. The van der Waals surface area contributed by atoms with Gasteiger partial charge in [0.1, 0.15) is 12.4 Å². The lowest BCUT2D eigenvalue weighted by molar-refractivity contribution is -0.0235. The van der Waals surface area contributed by atoms with Crippen LogP contribution in [0.4, 0.5) is 10.5 Å². The quantitative estimate of drug-likeness (QED) is 0.126. The molecule has 0 aliphatic carbocycles. The summed E-state index contributed by atoms with van der Waals surface area (Å²) in [4.78, 5) is 14.3. The summed E-state index contributed by atoms with van der Waals surface area (Å²) in [6.07, 6.45) is -0.0849. The number of nitrogens with zero attached hydrogens (tertiary/aromatic N) is 2. The van der Waals surface area contributed by atoms with Crippen LogP contribution in [0.5, 0.6) is 5.75 Å². The van der Waals surface area contributed by atoms with Crippen LogP contribution in [0.25, 0.3) is 0 Å². The maximum atomic E-state index is 14.5. The minimum absolute atomic E-state index is 0.00160. The summed E-state index contributed by atoms with van der Waals surface area (Å²) in [6, 6.07) is 20.6. The first-order valence-electron chi connectivity index (χ1n) is 19.3. The topological polar surface area (TPSA) is 136 Å². The van der Waals surface area contributed by atoms with Crippen LogP contribution in [0.3, 0.4) is 0 Å². The molecule has 2 heterocycles. The molecule has 302 valence electrons. The molecule has 0 spiro atoms. The Kier molecular flexibility index (Phi) is 15.0. The number of methoxy groups -OCH3 is 1. The van der Waals surface area contributed by atoms with Gasteiger partial charge in [-0.05, 0) is 94.8 Å². The van der Waals surface area contributed by atoms with E-state index in [4.69, 9.17) is 23.7 Å². The van der Waals surface area contributed by atoms with E-state index in [9.17, 15) is 18.3 Å². The zero-order valence-corrected chi connectivity index (χ0v) is 34.0. The predicted octanol–water partition coefficient (Wildman–Crippen LogP) is 6.74. The maximum Gasteiger partial charge on any atom is 0.405 e. The van der Waals surface area contributed by atoms with E-state index in [-0.39, 0.29) is 36.5 Å². The third kappa shape index (κ3) is 11.7. The van der Waals surface area contributed by atoms with Gasteiger partial charge in [-0.3, -0.25) is 0 Å². The molecule has 2 aliphatic rings. The normalized spacial score (nSPS) is 19.7. The fourth-order valence-electron chi connectivity index (χ4n) is 7.57. The first-order valence-corrected chi connectivity index (χ1v) is 20.7. The number of hydrogen-bond donors (Lipinski definition) is 2. The Morgan fingerprint density at radius 1 is 1.05 bits per heavy atom. The summed E-state index contributed by atoms with van der Waals surface area (Å²) in [7, 11) is -2.28. The molecule has 0 unspecified atom stereocenters. The molecule has 55 heavy (non-hydrogen) atoms. The smallest absolute Gasteiger partial charge is 0.405 e. The van der Waals surface area contributed by atoms with E-state index < -0.39 is 33.8 Å². The number of aryl methyl sites for hydroxylation is 1. The molecule has 0 radical (unpaired) electrons. The Balaban J connectivity index is 1.45. The van der Waals surface area contributed by atoms with Gasteiger partial charge in [0.15, 0.2) is 0 Å². The lowest BCUT2D eigenvalue weighted by atomic mass is 9.80. The second-order valence-corrected chi connectivity index (χ2v) is 17.1. The number of amides is 1. The van der Waals surface area contributed by atoms with E-state index in [0.29, 0.717) is 39.5 Å². The zero-order chi connectivity index (χ0) is 39.6. The van der Waals surface area contributed by atoms with Crippen molar-refractivity contribution in [2.75, 3.05) is 58.1 Å². The van der Waals surface area contributed by atoms with Crippen LogP contribution < -0.4 is 15.0 Å². The number of sulfonamides is 1. The van der Waals surface area contributed by atoms with Crippen LogP contribution in [-0.4, -0.2) is 101 Å². The fourth-order valence-corrected chi connectivity index (χ4v) is 9.22. The number of benzene rings is 3. The van der Waals surface area contributed by atoms with E-state index in [1.165, 1.54) is 4.31 Å². The molecule has 13 heteroatoms. The number of carboxylic acid groups (broad SMARTS) is 1. The highest BCUT2D eigenvalue weighted by molar-refractivity contribution is 7.89. The van der Waals surface area contributed by atoms with Crippen LogP contribution in [-0.2, 0) is 42.2 Å². The van der Waals surface area contributed by atoms with Crippen molar-refractivity contribution in [3.8, 4) is 5.75 Å². The van der Waals surface area contributed by atoms with Gasteiger partial charge in [-0.25, -0.2) is 13.2 Å². The molecule has 3 aromatic carbocycles. The predicted molar refractivity (Wildman–Crippen MR) is 212 cm³/mol.